The average Bonchev–Trinajstić information content (AvgIpc) is 3.47. The summed E-state index contributed by atoms with van der Waals surface area (Å²) >= 11 is 0. The van der Waals surface area contributed by atoms with Crippen molar-refractivity contribution in [3.63, 3.8) is 0 Å². The van der Waals surface area contributed by atoms with Crippen molar-refractivity contribution in [2.24, 2.45) is 35.5 Å². The summed E-state index contributed by atoms with van der Waals surface area (Å²) in [6, 6.07) is -5.25. The standard InChI is InChI=1S/C19H15F3N2O3/c20-19(21,22)9-3-1-8(2-4-9)16(25)23-24-17(26)14-10-5-6-11(13-7-12(10)13)15(14)18(24)27/h1-6,10-15H,7H2,(H,23,25)/t10-,11+,12+,13-,14-,15+/i1D,2D,3D,4D. The van der Waals surface area contributed by atoms with Crippen molar-refractivity contribution in [1.29, 1.82) is 0 Å². The molecule has 1 N–H and O–H groups in total. The molecule has 6 rings (SSSR count). The van der Waals surface area contributed by atoms with Gasteiger partial charge in [0.1, 0.15) is 0 Å². The van der Waals surface area contributed by atoms with E-state index in [1.807, 2.05) is 17.6 Å². The Morgan fingerprint density at radius 2 is 1.56 bits per heavy atom. The van der Waals surface area contributed by atoms with Crippen LogP contribution in [0.4, 0.5) is 13.2 Å². The Bertz CT molecular complexity index is 1040. The van der Waals surface area contributed by atoms with Crippen LogP contribution in [0.5, 0.6) is 0 Å². The number of hydrazine groups is 1. The van der Waals surface area contributed by atoms with E-state index in [2.05, 4.69) is 0 Å². The van der Waals surface area contributed by atoms with E-state index in [-0.39, 0.29) is 11.8 Å². The number of benzene rings is 1. The summed E-state index contributed by atoms with van der Waals surface area (Å²) in [7, 11) is 0. The molecule has 1 aliphatic heterocycles. The molecule has 27 heavy (non-hydrogen) atoms. The van der Waals surface area contributed by atoms with Crippen LogP contribution < -0.4 is 5.43 Å². The molecule has 3 amide bonds. The van der Waals surface area contributed by atoms with Gasteiger partial charge >= 0.3 is 6.18 Å². The van der Waals surface area contributed by atoms with Gasteiger partial charge < -0.3 is 0 Å². The number of alkyl halides is 3. The quantitative estimate of drug-likeness (QED) is 0.633. The fourth-order valence-corrected chi connectivity index (χ4v) is 4.79. The van der Waals surface area contributed by atoms with Gasteiger partial charge in [0.15, 0.2) is 0 Å². The fraction of sp³-hybridized carbons (Fsp3) is 0.421. The largest absolute Gasteiger partial charge is 0.416 e. The van der Waals surface area contributed by atoms with E-state index in [9.17, 15) is 27.6 Å². The van der Waals surface area contributed by atoms with Gasteiger partial charge in [-0.05, 0) is 54.3 Å². The molecule has 5 nitrogen and oxygen atoms in total. The third-order valence-electron chi connectivity index (χ3n) is 6.01. The highest BCUT2D eigenvalue weighted by Crippen LogP contribution is 2.65. The van der Waals surface area contributed by atoms with E-state index in [0.717, 1.165) is 6.42 Å². The van der Waals surface area contributed by atoms with Crippen LogP contribution in [-0.2, 0) is 15.8 Å². The van der Waals surface area contributed by atoms with Gasteiger partial charge in [-0.25, -0.2) is 0 Å². The number of carbonyl (C=O) groups is 3. The molecule has 6 atom stereocenters. The van der Waals surface area contributed by atoms with E-state index in [0.29, 0.717) is 16.8 Å². The molecule has 1 heterocycles. The van der Waals surface area contributed by atoms with E-state index in [1.54, 1.807) is 0 Å². The number of carbonyl (C=O) groups excluding carboxylic acids is 3. The second-order valence-corrected chi connectivity index (χ2v) is 7.36. The zero-order valence-electron chi connectivity index (χ0n) is 17.6. The van der Waals surface area contributed by atoms with E-state index in [1.165, 1.54) is 0 Å². The molecule has 5 aliphatic rings. The van der Waals surface area contributed by atoms with Crippen LogP contribution in [0.2, 0.25) is 0 Å². The minimum absolute atomic E-state index is 0.109. The molecule has 1 aromatic rings. The van der Waals surface area contributed by atoms with Gasteiger partial charge in [-0.3, -0.25) is 19.8 Å². The third-order valence-corrected chi connectivity index (χ3v) is 6.01. The Labute approximate surface area is 157 Å². The smallest absolute Gasteiger partial charge is 0.272 e. The van der Waals surface area contributed by atoms with Gasteiger partial charge in [-0.15, -0.1) is 0 Å². The summed E-state index contributed by atoms with van der Waals surface area (Å²) in [5.41, 5.74) is -0.738. The molecule has 0 aromatic heterocycles. The van der Waals surface area contributed by atoms with Gasteiger partial charge in [0.2, 0.25) is 0 Å². The second kappa shape index (κ2) is 5.21. The molecule has 2 bridgehead atoms. The lowest BCUT2D eigenvalue weighted by molar-refractivity contribution is -0.143. The topological polar surface area (TPSA) is 66.5 Å². The Hall–Kier alpha value is -2.64. The summed E-state index contributed by atoms with van der Waals surface area (Å²) in [5.74, 6) is -3.41. The van der Waals surface area contributed by atoms with Crippen LogP contribution >= 0.6 is 0 Å². The van der Waals surface area contributed by atoms with E-state index >= 15 is 0 Å². The van der Waals surface area contributed by atoms with Crippen LogP contribution in [0.25, 0.3) is 0 Å². The van der Waals surface area contributed by atoms with Crippen LogP contribution in [0.15, 0.2) is 36.3 Å². The van der Waals surface area contributed by atoms with Crippen molar-refractivity contribution < 1.29 is 33.0 Å². The average molecular weight is 380 g/mol. The summed E-state index contributed by atoms with van der Waals surface area (Å²) in [6.45, 7) is 0. The maximum Gasteiger partial charge on any atom is 0.416 e. The number of allylic oxidation sites excluding steroid dienone is 2. The third kappa shape index (κ3) is 2.28. The highest BCUT2D eigenvalue weighted by molar-refractivity contribution is 6.08. The molecule has 140 valence electrons. The zero-order valence-corrected chi connectivity index (χ0v) is 13.6. The molecule has 4 aliphatic carbocycles. The predicted molar refractivity (Wildman–Crippen MR) is 85.5 cm³/mol. The van der Waals surface area contributed by atoms with Gasteiger partial charge in [0.05, 0.1) is 22.9 Å². The summed E-state index contributed by atoms with van der Waals surface area (Å²) in [5, 5.41) is 0.527. The molecule has 1 saturated heterocycles. The zero-order chi connectivity index (χ0) is 22.6. The highest BCUT2D eigenvalue weighted by Gasteiger charge is 2.67. The molecule has 8 heteroatoms. The summed E-state index contributed by atoms with van der Waals surface area (Å²) < 4.78 is 70.0. The van der Waals surface area contributed by atoms with Gasteiger partial charge in [0.25, 0.3) is 17.7 Å². The molecule has 1 aromatic carbocycles. The van der Waals surface area contributed by atoms with Gasteiger partial charge in [-0.1, -0.05) is 12.2 Å². The highest BCUT2D eigenvalue weighted by atomic mass is 19.4. The Balaban J connectivity index is 1.47. The summed E-state index contributed by atoms with van der Waals surface area (Å²) in [4.78, 5) is 38.5. The maximum absolute atomic E-state index is 13.1. The Morgan fingerprint density at radius 1 is 1.04 bits per heavy atom. The number of hydrogen-bond donors (Lipinski definition) is 1. The normalized spacial score (nSPS) is 38.0. The lowest BCUT2D eigenvalue weighted by atomic mass is 9.63. The van der Waals surface area contributed by atoms with Gasteiger partial charge in [-0.2, -0.15) is 18.2 Å². The number of hydrogen-bond acceptors (Lipinski definition) is 3. The van der Waals surface area contributed by atoms with E-state index in [4.69, 9.17) is 5.48 Å². The minimum Gasteiger partial charge on any atom is -0.272 e. The van der Waals surface area contributed by atoms with Crippen molar-refractivity contribution in [3.8, 4) is 0 Å². The first-order valence-electron chi connectivity index (χ1n) is 10.5. The van der Waals surface area contributed by atoms with Crippen molar-refractivity contribution in [2.75, 3.05) is 0 Å². The SMILES string of the molecule is [2H]c1c([2H])c(C(F)(F)F)c([2H])c([2H])c1C(=O)NN1C(=O)[C@@H]2[C@@H]3C=C[C@@H]([C@H]4C[C@@H]34)[C@@H]2C1=O. The van der Waals surface area contributed by atoms with Crippen LogP contribution in [-0.4, -0.2) is 22.7 Å². The maximum atomic E-state index is 13.1. The van der Waals surface area contributed by atoms with Crippen LogP contribution in [0.1, 0.15) is 27.8 Å². The van der Waals surface area contributed by atoms with Crippen molar-refractivity contribution in [3.05, 3.63) is 47.4 Å². The first kappa shape index (κ1) is 12.7. The molecular weight excluding hydrogens is 361 g/mol. The second-order valence-electron chi connectivity index (χ2n) is 7.36. The monoisotopic (exact) mass is 380 g/mol. The minimum atomic E-state index is -5.15. The molecule has 0 spiro atoms. The number of halogens is 3. The van der Waals surface area contributed by atoms with Gasteiger partial charge in [0, 0.05) is 5.56 Å². The predicted octanol–water partition coefficient (Wildman–Crippen LogP) is 2.40. The number of imide groups is 1. The van der Waals surface area contributed by atoms with Crippen molar-refractivity contribution in [2.45, 2.75) is 12.6 Å². The lowest BCUT2D eigenvalue weighted by Crippen LogP contribution is -2.46. The van der Waals surface area contributed by atoms with Crippen molar-refractivity contribution >= 4 is 17.7 Å². The fourth-order valence-electron chi connectivity index (χ4n) is 4.79. The van der Waals surface area contributed by atoms with E-state index < -0.39 is 71.0 Å². The summed E-state index contributed by atoms with van der Waals surface area (Å²) in [6.07, 6.45) is -0.362. The lowest BCUT2D eigenvalue weighted by Gasteiger charge is -2.37. The molecule has 0 unspecified atom stereocenters. The molecule has 2 saturated carbocycles. The molecular formula is C19H15F3N2O3. The molecule has 3 fully saturated rings. The number of amides is 3. The number of nitrogens with one attached hydrogen (secondary N) is 1. The molecule has 0 radical (unpaired) electrons. The van der Waals surface area contributed by atoms with Crippen molar-refractivity contribution in [1.82, 2.24) is 10.4 Å². The Morgan fingerprint density at radius 3 is 2.04 bits per heavy atom. The van der Waals surface area contributed by atoms with Crippen LogP contribution in [0.3, 0.4) is 0 Å². The Kier molecular flexibility index (Phi) is 2.45. The number of nitrogens with zero attached hydrogens (tertiary/aromatic N) is 1. The number of rotatable bonds is 2. The first-order valence-corrected chi connectivity index (χ1v) is 8.49. The first-order chi connectivity index (χ1) is 14.4. The van der Waals surface area contributed by atoms with Crippen LogP contribution in [0, 0.1) is 35.5 Å².